The maximum absolute atomic E-state index is 12.5. The molecule has 2 aliphatic rings. The molecule has 0 spiro atoms. The van der Waals surface area contributed by atoms with E-state index in [1.165, 1.54) is 24.8 Å². The maximum atomic E-state index is 12.5. The van der Waals surface area contributed by atoms with Gasteiger partial charge in [0.15, 0.2) is 5.78 Å². The summed E-state index contributed by atoms with van der Waals surface area (Å²) in [7, 11) is 0. The molecule has 0 heterocycles. The van der Waals surface area contributed by atoms with Crippen molar-refractivity contribution in [2.24, 2.45) is 17.6 Å². The van der Waals surface area contributed by atoms with E-state index in [1.54, 1.807) is 0 Å². The number of Topliss-reactive ketones (excluding diaryl/α,β-unsaturated/α-hetero) is 1. The van der Waals surface area contributed by atoms with Crippen LogP contribution in [0.25, 0.3) is 0 Å². The summed E-state index contributed by atoms with van der Waals surface area (Å²) in [4.78, 5) is 12.5. The van der Waals surface area contributed by atoms with Gasteiger partial charge >= 0.3 is 0 Å². The van der Waals surface area contributed by atoms with E-state index in [0.717, 1.165) is 43.7 Å². The van der Waals surface area contributed by atoms with Crippen molar-refractivity contribution in [2.75, 3.05) is 6.54 Å². The summed E-state index contributed by atoms with van der Waals surface area (Å²) in [5.74, 6) is 1.96. The normalized spacial score (nSPS) is 27.1. The molecule has 0 amide bonds. The molecule has 3 rings (SSSR count). The molecule has 1 aromatic carbocycles. The summed E-state index contributed by atoms with van der Waals surface area (Å²) in [5.41, 5.74) is 8.04. The zero-order valence-corrected chi connectivity index (χ0v) is 12.2. The van der Waals surface area contributed by atoms with Crippen molar-refractivity contribution in [3.05, 3.63) is 35.4 Å². The van der Waals surface area contributed by atoms with Crippen molar-refractivity contribution >= 4 is 5.78 Å². The van der Waals surface area contributed by atoms with E-state index in [9.17, 15) is 4.79 Å². The average molecular weight is 271 g/mol. The van der Waals surface area contributed by atoms with E-state index in [4.69, 9.17) is 5.73 Å². The van der Waals surface area contributed by atoms with Gasteiger partial charge < -0.3 is 5.73 Å². The monoisotopic (exact) mass is 271 g/mol. The van der Waals surface area contributed by atoms with Gasteiger partial charge in [-0.3, -0.25) is 4.79 Å². The fraction of sp³-hybridized carbons (Fsp3) is 0.611. The second kappa shape index (κ2) is 6.09. The molecule has 2 fully saturated rings. The Hall–Kier alpha value is -1.15. The van der Waals surface area contributed by atoms with E-state index >= 15 is 0 Å². The molecular formula is C18H25NO. The van der Waals surface area contributed by atoms with Crippen LogP contribution in [-0.4, -0.2) is 12.3 Å². The Morgan fingerprint density at radius 3 is 2.15 bits per heavy atom. The van der Waals surface area contributed by atoms with Gasteiger partial charge in [0.25, 0.3) is 0 Å². The quantitative estimate of drug-likeness (QED) is 0.844. The highest BCUT2D eigenvalue weighted by Gasteiger charge is 2.26. The lowest BCUT2D eigenvalue weighted by molar-refractivity contribution is 0.0873. The largest absolute Gasteiger partial charge is 0.330 e. The number of hydrogen-bond donors (Lipinski definition) is 1. The fourth-order valence-corrected chi connectivity index (χ4v) is 3.56. The molecule has 2 saturated carbocycles. The van der Waals surface area contributed by atoms with Gasteiger partial charge in [-0.1, -0.05) is 30.7 Å². The van der Waals surface area contributed by atoms with Gasteiger partial charge in [0.2, 0.25) is 0 Å². The molecule has 0 radical (unpaired) electrons. The lowest BCUT2D eigenvalue weighted by atomic mass is 9.77. The van der Waals surface area contributed by atoms with E-state index in [1.807, 2.05) is 12.1 Å². The molecule has 0 atom stereocenters. The minimum Gasteiger partial charge on any atom is -0.330 e. The molecule has 2 nitrogen and oxygen atoms in total. The number of hydrogen-bond acceptors (Lipinski definition) is 2. The molecule has 0 aliphatic heterocycles. The smallest absolute Gasteiger partial charge is 0.165 e. The Labute approximate surface area is 121 Å². The third-order valence-electron chi connectivity index (χ3n) is 5.32. The first-order valence-electron chi connectivity index (χ1n) is 8.12. The molecule has 108 valence electrons. The van der Waals surface area contributed by atoms with Crippen LogP contribution in [0.5, 0.6) is 0 Å². The van der Waals surface area contributed by atoms with Gasteiger partial charge in [-0.25, -0.2) is 0 Å². The SMILES string of the molecule is NCC1CCC(C(=O)c2ccc(C3CCC3)cc2)CC1. The van der Waals surface area contributed by atoms with Crippen LogP contribution >= 0.6 is 0 Å². The number of nitrogens with two attached hydrogens (primary N) is 1. The van der Waals surface area contributed by atoms with Crippen molar-refractivity contribution < 1.29 is 4.79 Å². The fourth-order valence-electron chi connectivity index (χ4n) is 3.56. The predicted octanol–water partition coefficient (Wildman–Crippen LogP) is 3.90. The highest BCUT2D eigenvalue weighted by molar-refractivity contribution is 5.97. The average Bonchev–Trinajstić information content (AvgIpc) is 2.46. The number of benzene rings is 1. The number of carbonyl (C=O) groups is 1. The summed E-state index contributed by atoms with van der Waals surface area (Å²) in [6.45, 7) is 0.775. The summed E-state index contributed by atoms with van der Waals surface area (Å²) in [5, 5.41) is 0. The van der Waals surface area contributed by atoms with Crippen LogP contribution in [0.2, 0.25) is 0 Å². The zero-order valence-electron chi connectivity index (χ0n) is 12.2. The minimum atomic E-state index is 0.229. The van der Waals surface area contributed by atoms with Gasteiger partial charge in [0.1, 0.15) is 0 Å². The predicted molar refractivity (Wildman–Crippen MR) is 81.9 cm³/mol. The highest BCUT2D eigenvalue weighted by atomic mass is 16.1. The first-order valence-corrected chi connectivity index (χ1v) is 8.12. The first kappa shape index (κ1) is 13.8. The molecule has 0 unspecified atom stereocenters. The highest BCUT2D eigenvalue weighted by Crippen LogP contribution is 2.36. The van der Waals surface area contributed by atoms with E-state index < -0.39 is 0 Å². The Bertz CT molecular complexity index is 453. The summed E-state index contributed by atoms with van der Waals surface area (Å²) < 4.78 is 0. The summed E-state index contributed by atoms with van der Waals surface area (Å²) in [6.07, 6.45) is 8.26. The van der Waals surface area contributed by atoms with Crippen LogP contribution < -0.4 is 5.73 Å². The van der Waals surface area contributed by atoms with Crippen LogP contribution in [0.15, 0.2) is 24.3 Å². The summed E-state index contributed by atoms with van der Waals surface area (Å²) in [6, 6.07) is 8.43. The standard InChI is InChI=1S/C18H25NO/c19-12-13-4-6-16(7-5-13)18(20)17-10-8-15(9-11-17)14-2-1-3-14/h8-11,13-14,16H,1-7,12,19H2. The van der Waals surface area contributed by atoms with Gasteiger partial charge in [0.05, 0.1) is 0 Å². The van der Waals surface area contributed by atoms with Crippen LogP contribution in [0.4, 0.5) is 0 Å². The molecule has 2 aliphatic carbocycles. The van der Waals surface area contributed by atoms with Crippen molar-refractivity contribution in [3.63, 3.8) is 0 Å². The van der Waals surface area contributed by atoms with E-state index in [0.29, 0.717) is 11.7 Å². The number of rotatable bonds is 4. The third kappa shape index (κ3) is 2.80. The number of carbonyl (C=O) groups excluding carboxylic acids is 1. The molecular weight excluding hydrogens is 246 g/mol. The van der Waals surface area contributed by atoms with Gasteiger partial charge in [-0.05, 0) is 62.5 Å². The Balaban J connectivity index is 1.62. The molecule has 0 bridgehead atoms. The van der Waals surface area contributed by atoms with Crippen molar-refractivity contribution in [2.45, 2.75) is 50.9 Å². The Morgan fingerprint density at radius 1 is 1.00 bits per heavy atom. The lowest BCUT2D eigenvalue weighted by Crippen LogP contribution is -2.25. The third-order valence-corrected chi connectivity index (χ3v) is 5.32. The maximum Gasteiger partial charge on any atom is 0.165 e. The van der Waals surface area contributed by atoms with Crippen molar-refractivity contribution in [3.8, 4) is 0 Å². The lowest BCUT2D eigenvalue weighted by Gasteiger charge is -2.27. The molecule has 2 heteroatoms. The van der Waals surface area contributed by atoms with Crippen LogP contribution in [0.3, 0.4) is 0 Å². The van der Waals surface area contributed by atoms with Crippen molar-refractivity contribution in [1.82, 2.24) is 0 Å². The number of ketones is 1. The van der Waals surface area contributed by atoms with Gasteiger partial charge in [-0.15, -0.1) is 0 Å². The van der Waals surface area contributed by atoms with E-state index in [2.05, 4.69) is 12.1 Å². The van der Waals surface area contributed by atoms with Gasteiger partial charge in [-0.2, -0.15) is 0 Å². The Kier molecular flexibility index (Phi) is 4.21. The minimum absolute atomic E-state index is 0.229. The van der Waals surface area contributed by atoms with Crippen LogP contribution in [-0.2, 0) is 0 Å². The first-order chi connectivity index (χ1) is 9.78. The zero-order chi connectivity index (χ0) is 13.9. The molecule has 2 N–H and O–H groups in total. The molecule has 20 heavy (non-hydrogen) atoms. The topological polar surface area (TPSA) is 43.1 Å². The van der Waals surface area contributed by atoms with Crippen LogP contribution in [0.1, 0.15) is 66.8 Å². The van der Waals surface area contributed by atoms with Crippen molar-refractivity contribution in [1.29, 1.82) is 0 Å². The molecule has 0 aromatic heterocycles. The second-order valence-electron chi connectivity index (χ2n) is 6.57. The molecule has 1 aromatic rings. The van der Waals surface area contributed by atoms with E-state index in [-0.39, 0.29) is 5.92 Å². The second-order valence-corrected chi connectivity index (χ2v) is 6.57. The Morgan fingerprint density at radius 2 is 1.65 bits per heavy atom. The van der Waals surface area contributed by atoms with Gasteiger partial charge in [0, 0.05) is 11.5 Å². The molecule has 0 saturated heterocycles. The summed E-state index contributed by atoms with van der Waals surface area (Å²) >= 11 is 0. The van der Waals surface area contributed by atoms with Crippen LogP contribution in [0, 0.1) is 11.8 Å².